The van der Waals surface area contributed by atoms with Crippen molar-refractivity contribution in [2.24, 2.45) is 4.99 Å². The molecular formula is C24H16N3O2Te2. The van der Waals surface area contributed by atoms with E-state index in [4.69, 9.17) is 0 Å². The van der Waals surface area contributed by atoms with Gasteiger partial charge in [0.05, 0.1) is 0 Å². The number of nitrogens with zero attached hydrogens (tertiary/aromatic N) is 2. The van der Waals surface area contributed by atoms with Gasteiger partial charge in [0.15, 0.2) is 0 Å². The zero-order valence-corrected chi connectivity index (χ0v) is 21.4. The van der Waals surface area contributed by atoms with Gasteiger partial charge in [-0.05, 0) is 0 Å². The molecule has 1 N–H and O–H groups in total. The first-order valence-corrected chi connectivity index (χ1v) is 13.4. The Bertz CT molecular complexity index is 1540. The number of aliphatic imine (C=N–C) groups is 1. The molecule has 4 heterocycles. The van der Waals surface area contributed by atoms with Crippen LogP contribution in [0.3, 0.4) is 0 Å². The Morgan fingerprint density at radius 3 is 2.65 bits per heavy atom. The van der Waals surface area contributed by atoms with E-state index in [0.717, 1.165) is 3.58 Å². The molecule has 1 radical (unpaired) electrons. The van der Waals surface area contributed by atoms with E-state index in [1.807, 2.05) is 0 Å². The summed E-state index contributed by atoms with van der Waals surface area (Å²) >= 11 is 0.743. The maximum atomic E-state index is 12.4. The van der Waals surface area contributed by atoms with E-state index < -0.39 is 26.3 Å². The molecule has 0 saturated carbocycles. The zero-order valence-electron chi connectivity index (χ0n) is 16.7. The van der Waals surface area contributed by atoms with E-state index in [0.29, 0.717) is 3.88 Å². The van der Waals surface area contributed by atoms with Crippen LogP contribution in [0, 0.1) is 0 Å². The van der Waals surface area contributed by atoms with Gasteiger partial charge >= 0.3 is 203 Å². The maximum absolute atomic E-state index is 12.4. The number of benzene rings is 2. The van der Waals surface area contributed by atoms with Gasteiger partial charge in [-0.1, -0.05) is 0 Å². The molecule has 6 rings (SSSR count). The van der Waals surface area contributed by atoms with Crippen LogP contribution in [-0.4, -0.2) is 63.0 Å². The number of carbonyl (C=O) groups is 2. The summed E-state index contributed by atoms with van der Waals surface area (Å²) in [5, 5.41) is 5.19. The Morgan fingerprint density at radius 1 is 1.06 bits per heavy atom. The number of hydrogen-bond donors (Lipinski definition) is 1. The summed E-state index contributed by atoms with van der Waals surface area (Å²) in [6.07, 6.45) is 1.76. The number of aromatic nitrogens is 1. The fraction of sp³-hybridized carbons (Fsp3) is 0.125. The molecule has 0 spiro atoms. The van der Waals surface area contributed by atoms with Gasteiger partial charge in [0.2, 0.25) is 0 Å². The van der Waals surface area contributed by atoms with Crippen LogP contribution < -0.4 is 5.32 Å². The van der Waals surface area contributed by atoms with Gasteiger partial charge < -0.3 is 0 Å². The average molecular weight is 634 g/mol. The molecule has 2 aromatic heterocycles. The van der Waals surface area contributed by atoms with Crippen molar-refractivity contribution in [3.63, 3.8) is 0 Å². The number of para-hydroxylation sites is 2. The predicted octanol–water partition coefficient (Wildman–Crippen LogP) is 3.04. The van der Waals surface area contributed by atoms with Crippen LogP contribution in [0.15, 0.2) is 59.1 Å². The second kappa shape index (κ2) is 6.67. The molecule has 0 aliphatic carbocycles. The molecule has 7 heteroatoms. The van der Waals surface area contributed by atoms with Crippen molar-refractivity contribution in [3.05, 3.63) is 68.8 Å². The summed E-state index contributed by atoms with van der Waals surface area (Å²) in [5.74, 6) is -0.826. The van der Waals surface area contributed by atoms with Gasteiger partial charge in [-0.25, -0.2) is 0 Å². The summed E-state index contributed by atoms with van der Waals surface area (Å²) in [5.41, 5.74) is 5.07. The Kier molecular flexibility index (Phi) is 4.20. The van der Waals surface area contributed by atoms with E-state index in [1.165, 1.54) is 36.6 Å². The van der Waals surface area contributed by atoms with Crippen LogP contribution in [0.25, 0.3) is 31.6 Å². The fourth-order valence-electron chi connectivity index (χ4n) is 4.68. The Labute approximate surface area is 201 Å². The van der Waals surface area contributed by atoms with Crippen LogP contribution in [-0.2, 0) is 15.0 Å². The number of amides is 2. The Morgan fingerprint density at radius 2 is 1.84 bits per heavy atom. The monoisotopic (exact) mass is 638 g/mol. The van der Waals surface area contributed by atoms with E-state index in [9.17, 15) is 9.59 Å². The summed E-state index contributed by atoms with van der Waals surface area (Å²) in [4.78, 5) is 28.7. The van der Waals surface area contributed by atoms with Crippen molar-refractivity contribution in [2.75, 3.05) is 0 Å². The molecule has 2 amide bonds. The summed E-state index contributed by atoms with van der Waals surface area (Å²) in [6.45, 7) is 4.54. The fourth-order valence-corrected chi connectivity index (χ4v) is 8.84. The topological polar surface area (TPSA) is 63.5 Å². The van der Waals surface area contributed by atoms with Crippen molar-refractivity contribution >= 4 is 86.3 Å². The minimum atomic E-state index is -0.802. The number of hydrogen-bond acceptors (Lipinski definition) is 2. The average Bonchev–Trinajstić information content (AvgIpc) is 3.29. The van der Waals surface area contributed by atoms with Crippen LogP contribution in [0.4, 0.5) is 0 Å². The summed E-state index contributed by atoms with van der Waals surface area (Å²) in [7, 11) is 0. The Hall–Kier alpha value is -2.15. The third-order valence-corrected chi connectivity index (χ3v) is 9.76. The second-order valence-electron chi connectivity index (χ2n) is 8.28. The molecule has 2 aromatic carbocycles. The van der Waals surface area contributed by atoms with Crippen molar-refractivity contribution in [1.82, 2.24) is 9.88 Å². The van der Waals surface area contributed by atoms with Gasteiger partial charge in [-0.2, -0.15) is 0 Å². The van der Waals surface area contributed by atoms with Crippen molar-refractivity contribution in [2.45, 2.75) is 19.3 Å². The number of carbonyl (C=O) groups excluding carboxylic acids is 2. The molecular weight excluding hydrogens is 617 g/mol. The molecule has 0 saturated heterocycles. The van der Waals surface area contributed by atoms with Gasteiger partial charge in [0.1, 0.15) is 0 Å². The summed E-state index contributed by atoms with van der Waals surface area (Å²) < 4.78 is 5.21. The van der Waals surface area contributed by atoms with Crippen LogP contribution in [0.2, 0.25) is 0 Å². The molecule has 2 aliphatic rings. The van der Waals surface area contributed by atoms with Crippen molar-refractivity contribution < 1.29 is 9.59 Å². The number of rotatable bonds is 1. The van der Waals surface area contributed by atoms with Gasteiger partial charge in [-0.15, -0.1) is 0 Å². The Balaban J connectivity index is 1.65. The number of nitrogens with one attached hydrogen (secondary N) is 1. The van der Waals surface area contributed by atoms with Gasteiger partial charge in [0.25, 0.3) is 0 Å². The molecule has 0 unspecified atom stereocenters. The molecule has 0 bridgehead atoms. The SMILES string of the molecule is CC1(C)c2cc(/C=C3/C(=O)N=C([Te])NC3=O)[te]c2-n2c3ccccc3c3cccc1c32. The van der Waals surface area contributed by atoms with E-state index in [-0.39, 0.29) is 16.9 Å². The molecule has 2 aliphatic heterocycles. The van der Waals surface area contributed by atoms with Gasteiger partial charge in [0, 0.05) is 0 Å². The molecule has 151 valence electrons. The van der Waals surface area contributed by atoms with E-state index in [1.54, 1.807) is 28.4 Å². The number of amidine groups is 1. The first kappa shape index (κ1) is 19.5. The molecule has 0 atom stereocenters. The van der Waals surface area contributed by atoms with Crippen LogP contribution in [0.5, 0.6) is 0 Å². The second-order valence-corrected chi connectivity index (χ2v) is 12.4. The van der Waals surface area contributed by atoms with Crippen molar-refractivity contribution in [3.8, 4) is 3.70 Å². The first-order chi connectivity index (χ1) is 14.9. The van der Waals surface area contributed by atoms with Crippen molar-refractivity contribution in [1.29, 1.82) is 0 Å². The first-order valence-electron chi connectivity index (χ1n) is 9.86. The third-order valence-electron chi connectivity index (χ3n) is 6.16. The van der Waals surface area contributed by atoms with E-state index in [2.05, 4.69) is 77.3 Å². The van der Waals surface area contributed by atoms with E-state index >= 15 is 0 Å². The normalized spacial score (nSPS) is 18.4. The standard InChI is InChI=1S/C24H16N3O2Te2/c1-24(2)16-8-5-7-14-13-6-3-4-9-18(13)27(19(14)16)22-17(24)11-12(31-22)10-15-20(28)25-23(30)26-21(15)29/h3-11H,1-2H3,(H,25,26,28,29). The quantitative estimate of drug-likeness (QED) is 0.199. The molecule has 0 fully saturated rings. The molecule has 5 nitrogen and oxygen atoms in total. The summed E-state index contributed by atoms with van der Waals surface area (Å²) in [6, 6.07) is 17.3. The predicted molar refractivity (Wildman–Crippen MR) is 124 cm³/mol. The van der Waals surface area contributed by atoms with Gasteiger partial charge in [-0.3, -0.25) is 0 Å². The van der Waals surface area contributed by atoms with Crippen LogP contribution in [0.1, 0.15) is 28.6 Å². The molecule has 4 aromatic rings. The third kappa shape index (κ3) is 2.71. The minimum absolute atomic E-state index is 0.126. The molecule has 31 heavy (non-hydrogen) atoms. The van der Waals surface area contributed by atoms with Crippen LogP contribution >= 0.6 is 0 Å². The number of fused-ring (bicyclic) bond motifs is 5. The zero-order chi connectivity index (χ0) is 21.5.